The van der Waals surface area contributed by atoms with E-state index in [0.29, 0.717) is 16.5 Å². The lowest BCUT2D eigenvalue weighted by molar-refractivity contribution is -0.129. The predicted molar refractivity (Wildman–Crippen MR) is 112 cm³/mol. The summed E-state index contributed by atoms with van der Waals surface area (Å²) in [5, 5.41) is 0.388. The summed E-state index contributed by atoms with van der Waals surface area (Å²) in [5.41, 5.74) is 2.24. The van der Waals surface area contributed by atoms with Crippen molar-refractivity contribution < 1.29 is 19.1 Å². The van der Waals surface area contributed by atoms with Crippen LogP contribution in [0.1, 0.15) is 24.1 Å². The summed E-state index contributed by atoms with van der Waals surface area (Å²) in [6.07, 6.45) is 3.76. The molecule has 3 heterocycles. The normalized spacial score (nSPS) is 26.5. The predicted octanol–water partition coefficient (Wildman–Crippen LogP) is 3.45. The summed E-state index contributed by atoms with van der Waals surface area (Å²) in [4.78, 5) is 42.9. The number of ketones is 1. The zero-order valence-electron chi connectivity index (χ0n) is 16.4. The van der Waals surface area contributed by atoms with Crippen molar-refractivity contribution in [3.63, 3.8) is 0 Å². The van der Waals surface area contributed by atoms with E-state index in [1.165, 1.54) is 14.0 Å². The second-order valence-corrected chi connectivity index (χ2v) is 8.21. The number of amides is 2. The van der Waals surface area contributed by atoms with Crippen molar-refractivity contribution in [2.75, 3.05) is 12.0 Å². The molecule has 4 atom stereocenters. The summed E-state index contributed by atoms with van der Waals surface area (Å²) in [7, 11) is 1.47. The zero-order chi connectivity index (χ0) is 21.2. The number of fused-ring (bicyclic) bond motifs is 5. The summed E-state index contributed by atoms with van der Waals surface area (Å²) in [6, 6.07) is 11.5. The van der Waals surface area contributed by atoms with Gasteiger partial charge in [0.25, 0.3) is 0 Å². The van der Waals surface area contributed by atoms with E-state index in [-0.39, 0.29) is 17.7 Å². The summed E-state index contributed by atoms with van der Waals surface area (Å²) >= 11 is 6.15. The molecule has 2 aromatic rings. The van der Waals surface area contributed by atoms with Gasteiger partial charge in [-0.2, -0.15) is 0 Å². The quantitative estimate of drug-likeness (QED) is 0.709. The van der Waals surface area contributed by atoms with Gasteiger partial charge in [-0.15, -0.1) is 0 Å². The molecule has 5 rings (SSSR count). The lowest BCUT2D eigenvalue weighted by Crippen LogP contribution is -2.43. The number of hydrogen-bond acceptors (Lipinski definition) is 5. The van der Waals surface area contributed by atoms with E-state index in [2.05, 4.69) is 0 Å². The first kappa shape index (κ1) is 18.9. The molecule has 2 aromatic carbocycles. The Morgan fingerprint density at radius 2 is 1.80 bits per heavy atom. The van der Waals surface area contributed by atoms with Crippen molar-refractivity contribution >= 4 is 41.0 Å². The molecule has 0 saturated carbocycles. The Morgan fingerprint density at radius 1 is 1.07 bits per heavy atom. The maximum Gasteiger partial charge on any atom is 0.240 e. The molecule has 0 spiro atoms. The number of carbonyl (C=O) groups excluding carboxylic acids is 3. The summed E-state index contributed by atoms with van der Waals surface area (Å²) in [5.74, 6) is -1.93. The molecular formula is C23H19ClN2O4. The maximum atomic E-state index is 13.7. The SMILES string of the molecule is COc1ccc(Cl)cc1N1C(=O)[C@@H]2[C@H](C1=O)[C@@H]1c3ccccc3C=CN1[C@@H]2C(C)=O. The molecule has 0 unspecified atom stereocenters. The fourth-order valence-electron chi connectivity index (χ4n) is 5.10. The molecule has 3 aliphatic rings. The lowest BCUT2D eigenvalue weighted by Gasteiger charge is -2.35. The molecule has 6 nitrogen and oxygen atoms in total. The average molecular weight is 423 g/mol. The Kier molecular flexibility index (Phi) is 4.22. The van der Waals surface area contributed by atoms with Gasteiger partial charge in [0.05, 0.1) is 36.7 Å². The van der Waals surface area contributed by atoms with Gasteiger partial charge in [0.15, 0.2) is 5.78 Å². The van der Waals surface area contributed by atoms with Crippen molar-refractivity contribution in [2.45, 2.75) is 19.0 Å². The van der Waals surface area contributed by atoms with Crippen molar-refractivity contribution in [1.82, 2.24) is 4.90 Å². The van der Waals surface area contributed by atoms with Crippen molar-refractivity contribution in [3.05, 3.63) is 64.8 Å². The number of nitrogens with zero attached hydrogens (tertiary/aromatic N) is 2. The van der Waals surface area contributed by atoms with Gasteiger partial charge in [0.2, 0.25) is 11.8 Å². The van der Waals surface area contributed by atoms with E-state index in [1.54, 1.807) is 18.2 Å². The highest BCUT2D eigenvalue weighted by Gasteiger charge is 2.64. The van der Waals surface area contributed by atoms with E-state index in [4.69, 9.17) is 16.3 Å². The standard InChI is InChI=1S/C23H19ClN2O4/c1-12(27)20-18-19(21-15-6-4-3-5-13(15)9-10-25(20)21)23(29)26(22(18)28)16-11-14(24)7-8-17(16)30-2/h3-11,18-21H,1-2H3/t18-,19+,20-,21+/m1/s1. The van der Waals surface area contributed by atoms with Crippen LogP contribution in [0.5, 0.6) is 5.75 Å². The number of Topliss-reactive ketones (excluding diaryl/α,β-unsaturated/α-hetero) is 1. The molecule has 0 aliphatic carbocycles. The average Bonchev–Trinajstić information content (AvgIpc) is 3.21. The Bertz CT molecular complexity index is 1130. The molecular weight excluding hydrogens is 404 g/mol. The fourth-order valence-corrected chi connectivity index (χ4v) is 5.26. The molecule has 30 heavy (non-hydrogen) atoms. The van der Waals surface area contributed by atoms with Gasteiger partial charge in [0.1, 0.15) is 5.75 Å². The smallest absolute Gasteiger partial charge is 0.240 e. The highest BCUT2D eigenvalue weighted by molar-refractivity contribution is 6.31. The number of rotatable bonds is 3. The third-order valence-electron chi connectivity index (χ3n) is 6.26. The van der Waals surface area contributed by atoms with Crippen LogP contribution in [0.4, 0.5) is 5.69 Å². The Hall–Kier alpha value is -3.12. The first-order valence-corrected chi connectivity index (χ1v) is 10.1. The number of carbonyl (C=O) groups is 3. The minimum absolute atomic E-state index is 0.141. The van der Waals surface area contributed by atoms with Crippen LogP contribution in [0.3, 0.4) is 0 Å². The van der Waals surface area contributed by atoms with Gasteiger partial charge >= 0.3 is 0 Å². The van der Waals surface area contributed by atoms with Gasteiger partial charge in [0, 0.05) is 11.2 Å². The molecule has 2 fully saturated rings. The topological polar surface area (TPSA) is 66.9 Å². The number of imide groups is 1. The van der Waals surface area contributed by atoms with E-state index in [1.807, 2.05) is 41.4 Å². The van der Waals surface area contributed by atoms with Crippen LogP contribution in [0.25, 0.3) is 6.08 Å². The number of anilines is 1. The second-order valence-electron chi connectivity index (χ2n) is 7.77. The van der Waals surface area contributed by atoms with Crippen molar-refractivity contribution in [3.8, 4) is 5.75 Å². The molecule has 7 heteroatoms. The second kappa shape index (κ2) is 6.71. The van der Waals surface area contributed by atoms with Crippen LogP contribution < -0.4 is 9.64 Å². The molecule has 0 radical (unpaired) electrons. The molecule has 0 aromatic heterocycles. The van der Waals surface area contributed by atoms with Crippen LogP contribution in [-0.2, 0) is 14.4 Å². The first-order chi connectivity index (χ1) is 14.4. The van der Waals surface area contributed by atoms with E-state index < -0.39 is 23.8 Å². The molecule has 0 N–H and O–H groups in total. The Balaban J connectivity index is 1.67. The molecule has 0 bridgehead atoms. The third-order valence-corrected chi connectivity index (χ3v) is 6.49. The maximum absolute atomic E-state index is 13.7. The van der Waals surface area contributed by atoms with E-state index in [9.17, 15) is 14.4 Å². The minimum Gasteiger partial charge on any atom is -0.495 e. The number of methoxy groups -OCH3 is 1. The van der Waals surface area contributed by atoms with Crippen LogP contribution >= 0.6 is 11.6 Å². The number of hydrogen-bond donors (Lipinski definition) is 0. The van der Waals surface area contributed by atoms with Gasteiger partial charge in [-0.05, 0) is 42.3 Å². The van der Waals surface area contributed by atoms with Crippen LogP contribution in [0, 0.1) is 11.8 Å². The Morgan fingerprint density at radius 3 is 2.53 bits per heavy atom. The molecule has 2 amide bonds. The van der Waals surface area contributed by atoms with E-state index in [0.717, 1.165) is 16.0 Å². The third kappa shape index (κ3) is 2.46. The highest BCUT2D eigenvalue weighted by Crippen LogP contribution is 2.54. The van der Waals surface area contributed by atoms with Crippen LogP contribution in [-0.4, -0.2) is 35.6 Å². The monoisotopic (exact) mass is 422 g/mol. The van der Waals surface area contributed by atoms with Gasteiger partial charge in [-0.25, -0.2) is 4.90 Å². The van der Waals surface area contributed by atoms with Crippen molar-refractivity contribution in [2.24, 2.45) is 11.8 Å². The van der Waals surface area contributed by atoms with Crippen LogP contribution in [0.2, 0.25) is 5.02 Å². The Labute approximate surface area is 178 Å². The van der Waals surface area contributed by atoms with Gasteiger partial charge in [-0.3, -0.25) is 14.4 Å². The number of ether oxygens (including phenoxy) is 1. The summed E-state index contributed by atoms with van der Waals surface area (Å²) in [6.45, 7) is 1.47. The molecule has 152 valence electrons. The van der Waals surface area contributed by atoms with Crippen molar-refractivity contribution in [1.29, 1.82) is 0 Å². The highest BCUT2D eigenvalue weighted by atomic mass is 35.5. The van der Waals surface area contributed by atoms with Crippen LogP contribution in [0.15, 0.2) is 48.7 Å². The summed E-state index contributed by atoms with van der Waals surface area (Å²) < 4.78 is 5.38. The number of benzene rings is 2. The first-order valence-electron chi connectivity index (χ1n) is 9.70. The minimum atomic E-state index is -0.764. The van der Waals surface area contributed by atoms with Gasteiger partial charge < -0.3 is 9.64 Å². The zero-order valence-corrected chi connectivity index (χ0v) is 17.2. The van der Waals surface area contributed by atoms with Gasteiger partial charge in [-0.1, -0.05) is 35.9 Å². The van der Waals surface area contributed by atoms with E-state index >= 15 is 0 Å². The molecule has 2 saturated heterocycles. The lowest BCUT2D eigenvalue weighted by atomic mass is 9.84. The fraction of sp³-hybridized carbons (Fsp3) is 0.261. The molecule has 3 aliphatic heterocycles. The number of halogens is 1. The largest absolute Gasteiger partial charge is 0.495 e.